The molecule has 6 heteroatoms. The summed E-state index contributed by atoms with van der Waals surface area (Å²) < 4.78 is 11.8. The van der Waals surface area contributed by atoms with Crippen LogP contribution in [0.2, 0.25) is 0 Å². The first-order valence-electron chi connectivity index (χ1n) is 9.99. The van der Waals surface area contributed by atoms with E-state index >= 15 is 0 Å². The Kier molecular flexibility index (Phi) is 6.56. The fourth-order valence-corrected chi connectivity index (χ4v) is 5.07. The third-order valence-electron chi connectivity index (χ3n) is 6.52. The maximum absolute atomic E-state index is 6.02. The van der Waals surface area contributed by atoms with Gasteiger partial charge in [0.25, 0.3) is 0 Å². The lowest BCUT2D eigenvalue weighted by Gasteiger charge is -2.63. The number of benzene rings is 1. The molecular formula is C21H32IN3O2. The third kappa shape index (κ3) is 3.67. The Bertz CT molecular complexity index is 690. The van der Waals surface area contributed by atoms with E-state index in [0.717, 1.165) is 23.9 Å². The quantitative estimate of drug-likeness (QED) is 0.380. The van der Waals surface area contributed by atoms with E-state index in [1.807, 2.05) is 14.0 Å². The van der Waals surface area contributed by atoms with Crippen molar-refractivity contribution in [3.05, 3.63) is 29.3 Å². The van der Waals surface area contributed by atoms with Gasteiger partial charge in [0.05, 0.1) is 12.7 Å². The van der Waals surface area contributed by atoms with Gasteiger partial charge in [-0.05, 0) is 44.7 Å². The first kappa shape index (κ1) is 20.7. The Balaban J connectivity index is 0.00000210. The zero-order valence-electron chi connectivity index (χ0n) is 16.6. The van der Waals surface area contributed by atoms with Crippen molar-refractivity contribution in [2.75, 3.05) is 20.3 Å². The van der Waals surface area contributed by atoms with Gasteiger partial charge >= 0.3 is 0 Å². The number of nitrogens with one attached hydrogen (secondary N) is 2. The zero-order valence-corrected chi connectivity index (χ0v) is 18.9. The molecule has 0 bridgehead atoms. The van der Waals surface area contributed by atoms with Gasteiger partial charge < -0.3 is 20.1 Å². The highest BCUT2D eigenvalue weighted by atomic mass is 127. The van der Waals surface area contributed by atoms with Crippen LogP contribution < -0.4 is 15.4 Å². The summed E-state index contributed by atoms with van der Waals surface area (Å²) in [7, 11) is 1.85. The number of hydrogen-bond acceptors (Lipinski definition) is 3. The van der Waals surface area contributed by atoms with Crippen LogP contribution in [0.1, 0.15) is 43.7 Å². The van der Waals surface area contributed by atoms with E-state index in [2.05, 4.69) is 40.7 Å². The highest BCUT2D eigenvalue weighted by Gasteiger charge is 2.66. The minimum absolute atomic E-state index is 0. The average molecular weight is 485 g/mol. The second kappa shape index (κ2) is 8.55. The fourth-order valence-electron chi connectivity index (χ4n) is 5.07. The van der Waals surface area contributed by atoms with E-state index in [1.165, 1.54) is 31.2 Å². The number of fused-ring (bicyclic) bond motifs is 2. The molecule has 4 rings (SSSR count). The molecule has 3 fully saturated rings. The minimum Gasteiger partial charge on any atom is -0.494 e. The molecule has 27 heavy (non-hydrogen) atoms. The fraction of sp³-hybridized carbons (Fsp3) is 0.667. The van der Waals surface area contributed by atoms with Crippen LogP contribution in [-0.2, 0) is 11.3 Å². The van der Waals surface area contributed by atoms with Gasteiger partial charge in [-0.15, -0.1) is 24.0 Å². The second-order valence-electron chi connectivity index (χ2n) is 7.92. The minimum atomic E-state index is 0. The van der Waals surface area contributed by atoms with Crippen molar-refractivity contribution in [3.63, 3.8) is 0 Å². The Hall–Kier alpha value is -1.02. The van der Waals surface area contributed by atoms with Crippen LogP contribution in [0.5, 0.6) is 5.75 Å². The molecule has 2 saturated carbocycles. The first-order chi connectivity index (χ1) is 12.7. The summed E-state index contributed by atoms with van der Waals surface area (Å²) in [5, 5.41) is 7.21. The Morgan fingerprint density at radius 1 is 1.37 bits per heavy atom. The molecule has 0 aromatic heterocycles. The Labute approximate surface area is 179 Å². The number of hydrogen-bond donors (Lipinski definition) is 2. The van der Waals surface area contributed by atoms with Crippen molar-refractivity contribution >= 4 is 29.9 Å². The van der Waals surface area contributed by atoms with Crippen LogP contribution in [0.25, 0.3) is 0 Å². The average Bonchev–Trinajstić information content (AvgIpc) is 3.00. The standard InChI is InChI=1S/C21H31N3O2.HI/c1-4-25-17-12-14(2)6-7-15(17)13-23-20(22-3)24-18-16-8-11-26-19(16)21(18)9-5-10-21;/h6-7,12,16,18-19H,4-5,8-11,13H2,1-3H3,(H2,22,23,24);1H. The Morgan fingerprint density at radius 3 is 2.85 bits per heavy atom. The maximum atomic E-state index is 6.02. The molecule has 3 aliphatic rings. The summed E-state index contributed by atoms with van der Waals surface area (Å²) in [6.45, 7) is 6.42. The SMILES string of the molecule is CCOc1cc(C)ccc1CNC(=NC)NC1C2CCOC2C12CCC2.I. The van der Waals surface area contributed by atoms with Crippen LogP contribution in [0.4, 0.5) is 0 Å². The number of aryl methyl sites for hydroxylation is 1. The molecule has 1 aliphatic heterocycles. The maximum Gasteiger partial charge on any atom is 0.191 e. The van der Waals surface area contributed by atoms with Crippen LogP contribution in [0.15, 0.2) is 23.2 Å². The second-order valence-corrected chi connectivity index (χ2v) is 7.92. The lowest BCUT2D eigenvalue weighted by atomic mass is 9.46. The van der Waals surface area contributed by atoms with E-state index < -0.39 is 0 Å². The van der Waals surface area contributed by atoms with E-state index in [9.17, 15) is 0 Å². The largest absolute Gasteiger partial charge is 0.494 e. The Morgan fingerprint density at radius 2 is 2.19 bits per heavy atom. The molecule has 1 saturated heterocycles. The summed E-state index contributed by atoms with van der Waals surface area (Å²) in [6, 6.07) is 6.87. The highest BCUT2D eigenvalue weighted by molar-refractivity contribution is 14.0. The number of guanidine groups is 1. The van der Waals surface area contributed by atoms with E-state index in [0.29, 0.717) is 36.6 Å². The summed E-state index contributed by atoms with van der Waals surface area (Å²) in [5.74, 6) is 2.49. The van der Waals surface area contributed by atoms with E-state index in [-0.39, 0.29) is 24.0 Å². The van der Waals surface area contributed by atoms with Crippen molar-refractivity contribution in [1.82, 2.24) is 10.6 Å². The molecule has 0 amide bonds. The lowest BCUT2D eigenvalue weighted by molar-refractivity contribution is -0.171. The van der Waals surface area contributed by atoms with Crippen LogP contribution in [-0.4, -0.2) is 38.4 Å². The molecule has 5 nitrogen and oxygen atoms in total. The van der Waals surface area contributed by atoms with Gasteiger partial charge in [0.1, 0.15) is 5.75 Å². The smallest absolute Gasteiger partial charge is 0.191 e. The number of nitrogens with zero attached hydrogens (tertiary/aromatic N) is 1. The van der Waals surface area contributed by atoms with Crippen LogP contribution in [0, 0.1) is 18.3 Å². The van der Waals surface area contributed by atoms with Gasteiger partial charge in [-0.3, -0.25) is 4.99 Å². The van der Waals surface area contributed by atoms with Gasteiger partial charge in [0.15, 0.2) is 5.96 Å². The molecule has 1 aromatic rings. The number of ether oxygens (including phenoxy) is 2. The monoisotopic (exact) mass is 485 g/mol. The molecule has 2 aliphatic carbocycles. The summed E-state index contributed by atoms with van der Waals surface area (Å²) in [5.41, 5.74) is 2.74. The predicted octanol–water partition coefficient (Wildman–Crippen LogP) is 3.63. The number of rotatable bonds is 5. The molecule has 150 valence electrons. The zero-order chi connectivity index (χ0) is 18.1. The molecular weight excluding hydrogens is 453 g/mol. The van der Waals surface area contributed by atoms with Gasteiger partial charge in [-0.25, -0.2) is 0 Å². The molecule has 0 radical (unpaired) electrons. The van der Waals surface area contributed by atoms with Crippen molar-refractivity contribution in [2.24, 2.45) is 16.3 Å². The van der Waals surface area contributed by atoms with E-state index in [4.69, 9.17) is 9.47 Å². The van der Waals surface area contributed by atoms with E-state index in [1.54, 1.807) is 0 Å². The van der Waals surface area contributed by atoms with Gasteiger partial charge in [0, 0.05) is 43.1 Å². The molecule has 1 aromatic carbocycles. The molecule has 2 N–H and O–H groups in total. The topological polar surface area (TPSA) is 54.9 Å². The molecule has 1 heterocycles. The number of halogens is 1. The lowest BCUT2D eigenvalue weighted by Crippen LogP contribution is -2.72. The molecule has 3 unspecified atom stereocenters. The van der Waals surface area contributed by atoms with Crippen LogP contribution >= 0.6 is 24.0 Å². The van der Waals surface area contributed by atoms with Crippen molar-refractivity contribution in [3.8, 4) is 5.75 Å². The molecule has 3 atom stereocenters. The number of aliphatic imine (C=N–C) groups is 1. The summed E-state index contributed by atoms with van der Waals surface area (Å²) in [6.07, 6.45) is 5.56. The predicted molar refractivity (Wildman–Crippen MR) is 119 cm³/mol. The van der Waals surface area contributed by atoms with Gasteiger partial charge in [-0.2, -0.15) is 0 Å². The third-order valence-corrected chi connectivity index (χ3v) is 6.52. The van der Waals surface area contributed by atoms with Gasteiger partial charge in [-0.1, -0.05) is 18.6 Å². The molecule has 1 spiro atoms. The van der Waals surface area contributed by atoms with Gasteiger partial charge in [0.2, 0.25) is 0 Å². The highest BCUT2D eigenvalue weighted by Crippen LogP contribution is 2.62. The van der Waals surface area contributed by atoms with Crippen molar-refractivity contribution in [2.45, 2.75) is 58.2 Å². The normalized spacial score (nSPS) is 27.8. The summed E-state index contributed by atoms with van der Waals surface area (Å²) in [4.78, 5) is 4.47. The van der Waals surface area contributed by atoms with Crippen molar-refractivity contribution < 1.29 is 9.47 Å². The van der Waals surface area contributed by atoms with Crippen molar-refractivity contribution in [1.29, 1.82) is 0 Å². The van der Waals surface area contributed by atoms with Crippen LogP contribution in [0.3, 0.4) is 0 Å². The summed E-state index contributed by atoms with van der Waals surface area (Å²) >= 11 is 0. The first-order valence-corrected chi connectivity index (χ1v) is 9.99.